The Labute approximate surface area is 202 Å². The summed E-state index contributed by atoms with van der Waals surface area (Å²) >= 11 is 0. The second kappa shape index (κ2) is 10.6. The molecule has 0 saturated heterocycles. The van der Waals surface area contributed by atoms with Crippen LogP contribution in [0.2, 0.25) is 0 Å². The predicted molar refractivity (Wildman–Crippen MR) is 129 cm³/mol. The zero-order valence-corrected chi connectivity index (χ0v) is 19.5. The molecule has 1 aliphatic rings. The average Bonchev–Trinajstić information content (AvgIpc) is 2.83. The van der Waals surface area contributed by atoms with Crippen LogP contribution in [0.5, 0.6) is 0 Å². The molecule has 1 aromatic heterocycles. The Hall–Kier alpha value is -3.20. The number of aromatic nitrogens is 1. The summed E-state index contributed by atoms with van der Waals surface area (Å²) in [6, 6.07) is 9.56. The summed E-state index contributed by atoms with van der Waals surface area (Å²) in [4.78, 5) is 4.57. The molecular formula is C29H26F5N. The van der Waals surface area contributed by atoms with Crippen LogP contribution >= 0.6 is 0 Å². The number of unbranched alkanes of at least 4 members (excludes halogenated alkanes) is 2. The van der Waals surface area contributed by atoms with Crippen molar-refractivity contribution in [3.05, 3.63) is 77.0 Å². The second-order valence-corrected chi connectivity index (χ2v) is 9.00. The van der Waals surface area contributed by atoms with Crippen LogP contribution in [0.1, 0.15) is 68.9 Å². The molecule has 3 aromatic rings. The molecule has 1 nitrogen and oxygen atoms in total. The van der Waals surface area contributed by atoms with E-state index < -0.39 is 23.4 Å². The lowest BCUT2D eigenvalue weighted by Crippen LogP contribution is -2.05. The predicted octanol–water partition coefficient (Wildman–Crippen LogP) is 8.87. The third-order valence-corrected chi connectivity index (χ3v) is 6.52. The maximum Gasteiger partial charge on any atom is 0.458 e. The lowest BCUT2D eigenvalue weighted by atomic mass is 9.84. The van der Waals surface area contributed by atoms with Gasteiger partial charge in [0.1, 0.15) is 11.6 Å². The highest BCUT2D eigenvalue weighted by Gasteiger charge is 2.24. The van der Waals surface area contributed by atoms with Gasteiger partial charge in [0.2, 0.25) is 0 Å². The van der Waals surface area contributed by atoms with Gasteiger partial charge < -0.3 is 0 Å². The Morgan fingerprint density at radius 1 is 1.06 bits per heavy atom. The monoisotopic (exact) mass is 483 g/mol. The van der Waals surface area contributed by atoms with E-state index in [0.717, 1.165) is 31.2 Å². The minimum Gasteiger partial charge on any atom is -0.256 e. The van der Waals surface area contributed by atoms with Gasteiger partial charge in [0.25, 0.3) is 0 Å². The van der Waals surface area contributed by atoms with E-state index in [1.54, 1.807) is 23.6 Å². The number of rotatable bonds is 6. The first kappa shape index (κ1) is 24.9. The second-order valence-electron chi connectivity index (χ2n) is 9.00. The Morgan fingerprint density at radius 2 is 1.89 bits per heavy atom. The number of fused-ring (bicyclic) bond motifs is 1. The lowest BCUT2D eigenvalue weighted by molar-refractivity contribution is -0.0696. The fraction of sp³-hybridized carbons (Fsp3) is 0.345. The molecule has 0 radical (unpaired) electrons. The Kier molecular flexibility index (Phi) is 7.54. The van der Waals surface area contributed by atoms with Gasteiger partial charge in [-0.2, -0.15) is 13.2 Å². The fourth-order valence-electron chi connectivity index (χ4n) is 4.58. The van der Waals surface area contributed by atoms with E-state index in [1.165, 1.54) is 37.3 Å². The molecule has 1 unspecified atom stereocenters. The SMILES string of the molecule is CCCCCC1=CCC(c2ccc(-c3ccc4c(F)c(C#CC(F)(F)F)c(F)cc4c3)nc2)CC1. The number of alkyl halides is 3. The van der Waals surface area contributed by atoms with Crippen LogP contribution in [-0.4, -0.2) is 11.2 Å². The van der Waals surface area contributed by atoms with Crippen LogP contribution in [-0.2, 0) is 0 Å². The maximum absolute atomic E-state index is 14.7. The summed E-state index contributed by atoms with van der Waals surface area (Å²) in [6.45, 7) is 2.21. The average molecular weight is 484 g/mol. The highest BCUT2D eigenvalue weighted by atomic mass is 19.4. The van der Waals surface area contributed by atoms with Crippen LogP contribution in [0.25, 0.3) is 22.0 Å². The van der Waals surface area contributed by atoms with Gasteiger partial charge in [-0.05, 0) is 67.2 Å². The van der Waals surface area contributed by atoms with Crippen molar-refractivity contribution in [1.82, 2.24) is 4.98 Å². The largest absolute Gasteiger partial charge is 0.458 e. The van der Waals surface area contributed by atoms with E-state index in [1.807, 2.05) is 18.3 Å². The van der Waals surface area contributed by atoms with E-state index in [9.17, 15) is 22.0 Å². The van der Waals surface area contributed by atoms with Crippen molar-refractivity contribution in [1.29, 1.82) is 0 Å². The first-order valence-electron chi connectivity index (χ1n) is 11.9. The third-order valence-electron chi connectivity index (χ3n) is 6.52. The molecule has 6 heteroatoms. The van der Waals surface area contributed by atoms with Gasteiger partial charge in [-0.15, -0.1) is 0 Å². The maximum atomic E-state index is 14.7. The van der Waals surface area contributed by atoms with Crippen LogP contribution in [0.15, 0.2) is 54.2 Å². The van der Waals surface area contributed by atoms with Crippen molar-refractivity contribution in [2.75, 3.05) is 0 Å². The van der Waals surface area contributed by atoms with Crippen molar-refractivity contribution in [2.45, 2.75) is 64.0 Å². The molecule has 0 amide bonds. The standard InChI is InChI=1S/C29H26F5N/c1-2-3-4-5-19-6-8-20(9-7-19)22-11-13-27(35-18-22)21-10-12-24-23(16-21)17-26(30)25(28(24)31)14-15-29(32,33)34/h6,10-13,16-18,20H,2-5,7-9H2,1H3. The molecule has 4 rings (SSSR count). The molecular weight excluding hydrogens is 457 g/mol. The number of hydrogen-bond acceptors (Lipinski definition) is 1. The van der Waals surface area contributed by atoms with Gasteiger partial charge in [-0.1, -0.05) is 55.5 Å². The number of nitrogens with zero attached hydrogens (tertiary/aromatic N) is 1. The highest BCUT2D eigenvalue weighted by molar-refractivity contribution is 5.88. The molecule has 0 saturated carbocycles. The minimum atomic E-state index is -4.83. The summed E-state index contributed by atoms with van der Waals surface area (Å²) in [6.07, 6.45) is 7.58. The molecule has 1 atom stereocenters. The van der Waals surface area contributed by atoms with Crippen LogP contribution < -0.4 is 0 Å². The van der Waals surface area contributed by atoms with Crippen molar-refractivity contribution in [3.63, 3.8) is 0 Å². The first-order chi connectivity index (χ1) is 16.7. The van der Waals surface area contributed by atoms with Gasteiger partial charge in [0.15, 0.2) is 0 Å². The summed E-state index contributed by atoms with van der Waals surface area (Å²) in [7, 11) is 0. The highest BCUT2D eigenvalue weighted by Crippen LogP contribution is 2.34. The summed E-state index contributed by atoms with van der Waals surface area (Å²) in [5.41, 5.74) is 3.16. The Bertz CT molecular complexity index is 1290. The molecule has 0 spiro atoms. The van der Waals surface area contributed by atoms with Crippen molar-refractivity contribution < 1.29 is 22.0 Å². The van der Waals surface area contributed by atoms with Gasteiger partial charge in [-0.3, -0.25) is 4.98 Å². The molecule has 1 aliphatic carbocycles. The lowest BCUT2D eigenvalue weighted by Gasteiger charge is -2.22. The van der Waals surface area contributed by atoms with Crippen molar-refractivity contribution in [3.8, 4) is 23.1 Å². The van der Waals surface area contributed by atoms with Gasteiger partial charge in [0.05, 0.1) is 11.3 Å². The normalized spacial score (nSPS) is 16.1. The van der Waals surface area contributed by atoms with Crippen molar-refractivity contribution in [2.24, 2.45) is 0 Å². The van der Waals surface area contributed by atoms with Crippen LogP contribution in [0.3, 0.4) is 0 Å². The van der Waals surface area contributed by atoms with Gasteiger partial charge in [-0.25, -0.2) is 8.78 Å². The van der Waals surface area contributed by atoms with Crippen LogP contribution in [0.4, 0.5) is 22.0 Å². The van der Waals surface area contributed by atoms with E-state index in [2.05, 4.69) is 18.0 Å². The molecule has 182 valence electrons. The minimum absolute atomic E-state index is 0.00183. The zero-order valence-electron chi connectivity index (χ0n) is 19.5. The molecule has 0 N–H and O–H groups in total. The number of allylic oxidation sites excluding steroid dienone is 2. The zero-order chi connectivity index (χ0) is 25.0. The molecule has 1 heterocycles. The summed E-state index contributed by atoms with van der Waals surface area (Å²) < 4.78 is 66.1. The third kappa shape index (κ3) is 6.08. The molecule has 0 fully saturated rings. The van der Waals surface area contributed by atoms with Gasteiger partial charge in [0, 0.05) is 23.1 Å². The van der Waals surface area contributed by atoms with E-state index in [0.29, 0.717) is 17.2 Å². The topological polar surface area (TPSA) is 12.9 Å². The quantitative estimate of drug-likeness (QED) is 0.148. The van der Waals surface area contributed by atoms with E-state index in [-0.39, 0.29) is 10.8 Å². The Morgan fingerprint density at radius 3 is 2.54 bits per heavy atom. The Balaban J connectivity index is 1.52. The smallest absolute Gasteiger partial charge is 0.256 e. The number of pyridine rings is 1. The number of hydrogen-bond donors (Lipinski definition) is 0. The molecule has 2 aromatic carbocycles. The first-order valence-corrected chi connectivity index (χ1v) is 11.9. The van der Waals surface area contributed by atoms with Gasteiger partial charge >= 0.3 is 6.18 Å². The molecule has 0 bridgehead atoms. The molecule has 35 heavy (non-hydrogen) atoms. The molecule has 0 aliphatic heterocycles. The fourth-order valence-corrected chi connectivity index (χ4v) is 4.58. The summed E-state index contributed by atoms with van der Waals surface area (Å²) in [5.74, 6) is 0.689. The number of halogens is 5. The van der Waals surface area contributed by atoms with Crippen LogP contribution in [0, 0.1) is 23.5 Å². The summed E-state index contributed by atoms with van der Waals surface area (Å²) in [5, 5.41) is 0.232. The van der Waals surface area contributed by atoms with E-state index in [4.69, 9.17) is 0 Å². The number of benzene rings is 2. The van der Waals surface area contributed by atoms with Crippen molar-refractivity contribution >= 4 is 10.8 Å². The van der Waals surface area contributed by atoms with E-state index >= 15 is 0 Å².